The molecule has 1 aromatic heterocycles. The van der Waals surface area contributed by atoms with Gasteiger partial charge in [0.05, 0.1) is 30.9 Å². The molecule has 0 bridgehead atoms. The zero-order chi connectivity index (χ0) is 19.9. The molecule has 2 atom stereocenters. The van der Waals surface area contributed by atoms with E-state index in [0.717, 1.165) is 37.6 Å². The number of nitrogens with two attached hydrogens (primary N) is 1. The second-order valence-corrected chi connectivity index (χ2v) is 7.93. The molecule has 2 N–H and O–H groups in total. The summed E-state index contributed by atoms with van der Waals surface area (Å²) in [4.78, 5) is 4.77. The van der Waals surface area contributed by atoms with Crippen LogP contribution in [0, 0.1) is 0 Å². The van der Waals surface area contributed by atoms with Gasteiger partial charge in [0.2, 0.25) is 5.88 Å². The molecule has 2 unspecified atom stereocenters. The highest BCUT2D eigenvalue weighted by atomic mass is 79.9. The van der Waals surface area contributed by atoms with Crippen molar-refractivity contribution in [3.05, 3.63) is 58.1 Å². The standard InChI is InChI=1S/C22H23BrN2O3/c1-22(28-12-14(11-24)26-2)17-7-5-4-6-15(17)19-16-10-13(23)8-9-18(16)25-21(27-3)20(19)22/h4-10,14H,11-12,24H2,1-3H3. The number of halogens is 1. The number of pyridine rings is 1. The number of hydrogen-bond acceptors (Lipinski definition) is 5. The molecule has 0 radical (unpaired) electrons. The van der Waals surface area contributed by atoms with Crippen LogP contribution in [0.5, 0.6) is 5.88 Å². The molecule has 2 aromatic carbocycles. The Hall–Kier alpha value is -1.99. The molecule has 3 aromatic rings. The fraction of sp³-hybridized carbons (Fsp3) is 0.318. The molecule has 0 amide bonds. The van der Waals surface area contributed by atoms with E-state index in [1.54, 1.807) is 14.2 Å². The summed E-state index contributed by atoms with van der Waals surface area (Å²) in [6, 6.07) is 14.4. The van der Waals surface area contributed by atoms with E-state index in [1.807, 2.05) is 24.3 Å². The van der Waals surface area contributed by atoms with Gasteiger partial charge in [0, 0.05) is 29.1 Å². The molecule has 6 heteroatoms. The fourth-order valence-electron chi connectivity index (χ4n) is 3.98. The average molecular weight is 443 g/mol. The fourth-order valence-corrected chi connectivity index (χ4v) is 4.34. The van der Waals surface area contributed by atoms with Crippen molar-refractivity contribution in [3.8, 4) is 17.0 Å². The summed E-state index contributed by atoms with van der Waals surface area (Å²) in [5.41, 5.74) is 10.2. The second kappa shape index (κ2) is 7.44. The predicted octanol–water partition coefficient (Wildman–Crippen LogP) is 4.24. The first-order valence-corrected chi connectivity index (χ1v) is 9.97. The maximum atomic E-state index is 6.47. The number of nitrogens with zero attached hydrogens (tertiary/aromatic N) is 1. The van der Waals surface area contributed by atoms with Crippen molar-refractivity contribution in [2.24, 2.45) is 5.73 Å². The normalized spacial score (nSPS) is 18.8. The van der Waals surface area contributed by atoms with Crippen molar-refractivity contribution >= 4 is 26.8 Å². The van der Waals surface area contributed by atoms with Crippen LogP contribution in [-0.2, 0) is 15.1 Å². The SMILES string of the molecule is COc1nc2ccc(Br)cc2c2c1C(C)(OCC(CN)OC)c1ccccc1-2. The molecule has 146 valence electrons. The van der Waals surface area contributed by atoms with Crippen LogP contribution < -0.4 is 10.5 Å². The van der Waals surface area contributed by atoms with Crippen LogP contribution in [0.1, 0.15) is 18.1 Å². The van der Waals surface area contributed by atoms with E-state index in [4.69, 9.17) is 24.9 Å². The van der Waals surface area contributed by atoms with Gasteiger partial charge < -0.3 is 19.9 Å². The lowest BCUT2D eigenvalue weighted by molar-refractivity contribution is -0.0579. The predicted molar refractivity (Wildman–Crippen MR) is 114 cm³/mol. The van der Waals surface area contributed by atoms with Crippen molar-refractivity contribution in [1.82, 2.24) is 4.98 Å². The van der Waals surface area contributed by atoms with Gasteiger partial charge in [-0.05, 0) is 36.2 Å². The topological polar surface area (TPSA) is 66.6 Å². The number of hydrogen-bond donors (Lipinski definition) is 1. The summed E-state index contributed by atoms with van der Waals surface area (Å²) in [7, 11) is 3.29. The second-order valence-electron chi connectivity index (χ2n) is 7.02. The first kappa shape index (κ1) is 19.3. The molecule has 1 aliphatic carbocycles. The van der Waals surface area contributed by atoms with Gasteiger partial charge in [0.25, 0.3) is 0 Å². The van der Waals surface area contributed by atoms with E-state index in [9.17, 15) is 0 Å². The van der Waals surface area contributed by atoms with Crippen LogP contribution in [0.2, 0.25) is 0 Å². The molecule has 0 aliphatic heterocycles. The summed E-state index contributed by atoms with van der Waals surface area (Å²) in [6.45, 7) is 2.83. The molecule has 5 nitrogen and oxygen atoms in total. The minimum absolute atomic E-state index is 0.179. The minimum Gasteiger partial charge on any atom is -0.481 e. The summed E-state index contributed by atoms with van der Waals surface area (Å²) >= 11 is 3.59. The molecule has 0 fully saturated rings. The van der Waals surface area contributed by atoms with E-state index in [0.29, 0.717) is 19.0 Å². The monoisotopic (exact) mass is 442 g/mol. The summed E-state index contributed by atoms with van der Waals surface area (Å²) in [5.74, 6) is 0.574. The molecule has 28 heavy (non-hydrogen) atoms. The summed E-state index contributed by atoms with van der Waals surface area (Å²) in [6.07, 6.45) is -0.179. The Morgan fingerprint density at radius 3 is 2.68 bits per heavy atom. The highest BCUT2D eigenvalue weighted by molar-refractivity contribution is 9.10. The Morgan fingerprint density at radius 1 is 1.18 bits per heavy atom. The lowest BCUT2D eigenvalue weighted by Crippen LogP contribution is -2.34. The van der Waals surface area contributed by atoms with Gasteiger partial charge in [-0.15, -0.1) is 0 Å². The van der Waals surface area contributed by atoms with Crippen LogP contribution in [0.4, 0.5) is 0 Å². The van der Waals surface area contributed by atoms with Gasteiger partial charge in [-0.25, -0.2) is 4.98 Å². The Morgan fingerprint density at radius 2 is 1.96 bits per heavy atom. The van der Waals surface area contributed by atoms with Crippen LogP contribution >= 0.6 is 15.9 Å². The quantitative estimate of drug-likeness (QED) is 0.618. The number of ether oxygens (including phenoxy) is 3. The zero-order valence-corrected chi connectivity index (χ0v) is 17.7. The van der Waals surface area contributed by atoms with Gasteiger partial charge in [-0.3, -0.25) is 0 Å². The van der Waals surface area contributed by atoms with Crippen molar-refractivity contribution in [2.45, 2.75) is 18.6 Å². The van der Waals surface area contributed by atoms with E-state index in [1.165, 1.54) is 0 Å². The van der Waals surface area contributed by atoms with E-state index >= 15 is 0 Å². The Kier molecular flexibility index (Phi) is 5.14. The van der Waals surface area contributed by atoms with Crippen LogP contribution in [0.15, 0.2) is 46.9 Å². The lowest BCUT2D eigenvalue weighted by atomic mass is 9.93. The molecule has 1 heterocycles. The third-order valence-electron chi connectivity index (χ3n) is 5.45. The average Bonchev–Trinajstić information content (AvgIpc) is 2.98. The molecule has 1 aliphatic rings. The molecule has 0 spiro atoms. The maximum absolute atomic E-state index is 6.47. The molecular weight excluding hydrogens is 420 g/mol. The first-order chi connectivity index (χ1) is 13.5. The van der Waals surface area contributed by atoms with E-state index < -0.39 is 5.60 Å². The Balaban J connectivity index is 1.99. The van der Waals surface area contributed by atoms with Crippen molar-refractivity contribution in [3.63, 3.8) is 0 Å². The number of aromatic nitrogens is 1. The largest absolute Gasteiger partial charge is 0.481 e. The number of fused-ring (bicyclic) bond motifs is 5. The summed E-state index contributed by atoms with van der Waals surface area (Å²) < 4.78 is 18.6. The lowest BCUT2D eigenvalue weighted by Gasteiger charge is -2.30. The van der Waals surface area contributed by atoms with Gasteiger partial charge in [0.1, 0.15) is 5.60 Å². The number of methoxy groups -OCH3 is 2. The third kappa shape index (κ3) is 2.92. The van der Waals surface area contributed by atoms with Gasteiger partial charge >= 0.3 is 0 Å². The highest BCUT2D eigenvalue weighted by Gasteiger charge is 2.45. The van der Waals surface area contributed by atoms with Gasteiger partial charge in [-0.2, -0.15) is 0 Å². The molecular formula is C22H23BrN2O3. The van der Waals surface area contributed by atoms with E-state index in [2.05, 4.69) is 41.1 Å². The molecule has 0 saturated carbocycles. The molecule has 0 saturated heterocycles. The third-order valence-corrected chi connectivity index (χ3v) is 5.94. The van der Waals surface area contributed by atoms with E-state index in [-0.39, 0.29) is 6.10 Å². The van der Waals surface area contributed by atoms with Crippen molar-refractivity contribution in [2.75, 3.05) is 27.4 Å². The Bertz CT molecular complexity index is 1040. The van der Waals surface area contributed by atoms with Crippen LogP contribution in [0.25, 0.3) is 22.0 Å². The van der Waals surface area contributed by atoms with Crippen LogP contribution in [-0.4, -0.2) is 38.5 Å². The van der Waals surface area contributed by atoms with Gasteiger partial charge in [0.15, 0.2) is 0 Å². The van der Waals surface area contributed by atoms with Crippen LogP contribution in [0.3, 0.4) is 0 Å². The van der Waals surface area contributed by atoms with Crippen molar-refractivity contribution in [1.29, 1.82) is 0 Å². The summed E-state index contributed by atoms with van der Waals surface area (Å²) in [5, 5.41) is 1.06. The Labute approximate surface area is 172 Å². The number of rotatable bonds is 6. The maximum Gasteiger partial charge on any atom is 0.220 e. The smallest absolute Gasteiger partial charge is 0.220 e. The van der Waals surface area contributed by atoms with Gasteiger partial charge in [-0.1, -0.05) is 40.2 Å². The number of benzene rings is 2. The zero-order valence-electron chi connectivity index (χ0n) is 16.2. The van der Waals surface area contributed by atoms with Crippen molar-refractivity contribution < 1.29 is 14.2 Å². The first-order valence-electron chi connectivity index (χ1n) is 9.18. The molecule has 4 rings (SSSR count). The highest BCUT2D eigenvalue weighted by Crippen LogP contribution is 2.54. The minimum atomic E-state index is -0.716.